The van der Waals surface area contributed by atoms with Gasteiger partial charge < -0.3 is 10.6 Å². The molecule has 2 aliphatic rings. The molecule has 0 radical (unpaired) electrons. The Labute approximate surface area is 131 Å². The van der Waals surface area contributed by atoms with Gasteiger partial charge in [0.15, 0.2) is 0 Å². The van der Waals surface area contributed by atoms with Gasteiger partial charge in [-0.25, -0.2) is 0 Å². The third kappa shape index (κ3) is 4.09. The molecule has 1 aromatic rings. The molecular formula is C18H24N2O2. The van der Waals surface area contributed by atoms with Gasteiger partial charge in [-0.3, -0.25) is 9.59 Å². The van der Waals surface area contributed by atoms with E-state index in [0.717, 1.165) is 25.7 Å². The fourth-order valence-electron chi connectivity index (χ4n) is 2.96. The highest BCUT2D eigenvalue weighted by atomic mass is 16.2. The molecule has 0 bridgehead atoms. The van der Waals surface area contributed by atoms with Crippen LogP contribution >= 0.6 is 0 Å². The Morgan fingerprint density at radius 3 is 1.50 bits per heavy atom. The van der Waals surface area contributed by atoms with E-state index in [0.29, 0.717) is 23.2 Å². The highest BCUT2D eigenvalue weighted by Gasteiger charge is 2.23. The summed E-state index contributed by atoms with van der Waals surface area (Å²) in [6.45, 7) is 0. The number of amides is 2. The standard InChI is InChI=1S/C18H24N2O2/c21-17(19-15-5-3-1-2-4-6-15)13-7-9-14(10-8-13)18(22)20-16-11-12-16/h7-10,15-16H,1-6,11-12H2,(H,19,21)(H,20,22). The Morgan fingerprint density at radius 1 is 0.682 bits per heavy atom. The summed E-state index contributed by atoms with van der Waals surface area (Å²) in [6.07, 6.45) is 9.26. The number of rotatable bonds is 4. The van der Waals surface area contributed by atoms with E-state index >= 15 is 0 Å². The molecule has 0 aromatic heterocycles. The summed E-state index contributed by atoms with van der Waals surface area (Å²) in [5.41, 5.74) is 1.25. The van der Waals surface area contributed by atoms with Crippen LogP contribution in [-0.4, -0.2) is 23.9 Å². The van der Waals surface area contributed by atoms with E-state index < -0.39 is 0 Å². The largest absolute Gasteiger partial charge is 0.349 e. The Hall–Kier alpha value is -1.84. The van der Waals surface area contributed by atoms with Gasteiger partial charge in [0.05, 0.1) is 0 Å². The molecule has 2 aliphatic carbocycles. The van der Waals surface area contributed by atoms with Crippen LogP contribution in [0.3, 0.4) is 0 Å². The zero-order valence-electron chi connectivity index (χ0n) is 12.9. The van der Waals surface area contributed by atoms with Crippen molar-refractivity contribution in [1.29, 1.82) is 0 Å². The molecule has 2 N–H and O–H groups in total. The third-order valence-corrected chi connectivity index (χ3v) is 4.51. The number of hydrogen-bond acceptors (Lipinski definition) is 2. The first-order valence-electron chi connectivity index (χ1n) is 8.44. The number of carbonyl (C=O) groups excluding carboxylic acids is 2. The summed E-state index contributed by atoms with van der Waals surface area (Å²) in [6, 6.07) is 7.61. The maximum atomic E-state index is 12.3. The predicted octanol–water partition coefficient (Wildman–Crippen LogP) is 3.03. The van der Waals surface area contributed by atoms with E-state index in [2.05, 4.69) is 10.6 Å². The minimum Gasteiger partial charge on any atom is -0.349 e. The van der Waals surface area contributed by atoms with Crippen LogP contribution in [0.4, 0.5) is 0 Å². The van der Waals surface area contributed by atoms with Crippen molar-refractivity contribution in [3.05, 3.63) is 35.4 Å². The van der Waals surface area contributed by atoms with E-state index in [-0.39, 0.29) is 11.8 Å². The molecule has 0 atom stereocenters. The molecule has 0 aliphatic heterocycles. The van der Waals surface area contributed by atoms with Crippen molar-refractivity contribution in [2.75, 3.05) is 0 Å². The summed E-state index contributed by atoms with van der Waals surface area (Å²) in [5, 5.41) is 6.08. The third-order valence-electron chi connectivity index (χ3n) is 4.51. The van der Waals surface area contributed by atoms with Crippen LogP contribution in [0.5, 0.6) is 0 Å². The first-order chi connectivity index (χ1) is 10.7. The molecule has 4 heteroatoms. The molecule has 2 saturated carbocycles. The smallest absolute Gasteiger partial charge is 0.251 e. The molecule has 0 unspecified atom stereocenters. The lowest BCUT2D eigenvalue weighted by Gasteiger charge is -2.16. The van der Waals surface area contributed by atoms with Gasteiger partial charge in [-0.05, 0) is 49.9 Å². The van der Waals surface area contributed by atoms with E-state index in [1.165, 1.54) is 25.7 Å². The minimum absolute atomic E-state index is 0.0268. The Morgan fingerprint density at radius 2 is 1.09 bits per heavy atom. The molecule has 2 amide bonds. The van der Waals surface area contributed by atoms with Crippen molar-refractivity contribution in [3.8, 4) is 0 Å². The van der Waals surface area contributed by atoms with Gasteiger partial charge in [-0.2, -0.15) is 0 Å². The van der Waals surface area contributed by atoms with Crippen LogP contribution in [0.1, 0.15) is 72.1 Å². The quantitative estimate of drug-likeness (QED) is 0.840. The monoisotopic (exact) mass is 300 g/mol. The maximum Gasteiger partial charge on any atom is 0.251 e. The van der Waals surface area contributed by atoms with E-state index in [1.54, 1.807) is 24.3 Å². The average Bonchev–Trinajstić information content (AvgIpc) is 3.35. The molecule has 3 rings (SSSR count). The zero-order chi connectivity index (χ0) is 15.4. The number of carbonyl (C=O) groups is 2. The topological polar surface area (TPSA) is 58.2 Å². The van der Waals surface area contributed by atoms with Crippen molar-refractivity contribution in [1.82, 2.24) is 10.6 Å². The van der Waals surface area contributed by atoms with Crippen LogP contribution < -0.4 is 10.6 Å². The van der Waals surface area contributed by atoms with Gasteiger partial charge in [-0.1, -0.05) is 25.7 Å². The van der Waals surface area contributed by atoms with Crippen molar-refractivity contribution in [2.24, 2.45) is 0 Å². The van der Waals surface area contributed by atoms with Crippen molar-refractivity contribution in [2.45, 2.75) is 63.5 Å². The lowest BCUT2D eigenvalue weighted by molar-refractivity contribution is 0.0927. The second-order valence-corrected chi connectivity index (χ2v) is 6.49. The molecule has 1 aromatic carbocycles. The van der Waals surface area contributed by atoms with E-state index in [9.17, 15) is 9.59 Å². The SMILES string of the molecule is O=C(NC1CCCCCC1)c1ccc(C(=O)NC2CC2)cc1. The number of nitrogens with one attached hydrogen (secondary N) is 2. The molecule has 2 fully saturated rings. The zero-order valence-corrected chi connectivity index (χ0v) is 12.9. The second kappa shape index (κ2) is 6.95. The van der Waals surface area contributed by atoms with Crippen molar-refractivity contribution < 1.29 is 9.59 Å². The lowest BCUT2D eigenvalue weighted by atomic mass is 10.1. The molecule has 0 heterocycles. The molecular weight excluding hydrogens is 276 g/mol. The van der Waals surface area contributed by atoms with Crippen LogP contribution in [0, 0.1) is 0 Å². The van der Waals surface area contributed by atoms with Gasteiger partial charge in [0, 0.05) is 23.2 Å². The normalized spacial score (nSPS) is 19.3. The summed E-state index contributed by atoms with van der Waals surface area (Å²) < 4.78 is 0. The molecule has 0 spiro atoms. The summed E-state index contributed by atoms with van der Waals surface area (Å²) in [7, 11) is 0. The van der Waals surface area contributed by atoms with Crippen LogP contribution in [-0.2, 0) is 0 Å². The maximum absolute atomic E-state index is 12.3. The van der Waals surface area contributed by atoms with Gasteiger partial charge >= 0.3 is 0 Å². The molecule has 0 saturated heterocycles. The van der Waals surface area contributed by atoms with Gasteiger partial charge in [-0.15, -0.1) is 0 Å². The molecule has 22 heavy (non-hydrogen) atoms. The average molecular weight is 300 g/mol. The first-order valence-corrected chi connectivity index (χ1v) is 8.44. The second-order valence-electron chi connectivity index (χ2n) is 6.49. The predicted molar refractivity (Wildman–Crippen MR) is 85.9 cm³/mol. The van der Waals surface area contributed by atoms with Crippen molar-refractivity contribution >= 4 is 11.8 Å². The van der Waals surface area contributed by atoms with E-state index in [4.69, 9.17) is 0 Å². The van der Waals surface area contributed by atoms with Gasteiger partial charge in [0.25, 0.3) is 11.8 Å². The van der Waals surface area contributed by atoms with Crippen LogP contribution in [0.25, 0.3) is 0 Å². The fraction of sp³-hybridized carbons (Fsp3) is 0.556. The van der Waals surface area contributed by atoms with Crippen LogP contribution in [0.15, 0.2) is 24.3 Å². The Bertz CT molecular complexity index is 527. The number of hydrogen-bond donors (Lipinski definition) is 2. The summed E-state index contributed by atoms with van der Waals surface area (Å²) >= 11 is 0. The van der Waals surface area contributed by atoms with Gasteiger partial charge in [0.2, 0.25) is 0 Å². The van der Waals surface area contributed by atoms with Crippen LogP contribution in [0.2, 0.25) is 0 Å². The molecule has 118 valence electrons. The highest BCUT2D eigenvalue weighted by Crippen LogP contribution is 2.20. The van der Waals surface area contributed by atoms with E-state index in [1.807, 2.05) is 0 Å². The lowest BCUT2D eigenvalue weighted by Crippen LogP contribution is -2.34. The minimum atomic E-state index is -0.0433. The van der Waals surface area contributed by atoms with Crippen molar-refractivity contribution in [3.63, 3.8) is 0 Å². The Balaban J connectivity index is 1.56. The Kier molecular flexibility index (Phi) is 4.76. The molecule has 4 nitrogen and oxygen atoms in total. The fourth-order valence-corrected chi connectivity index (χ4v) is 2.96. The number of benzene rings is 1. The van der Waals surface area contributed by atoms with Gasteiger partial charge in [0.1, 0.15) is 0 Å². The summed E-state index contributed by atoms with van der Waals surface area (Å²) in [4.78, 5) is 24.2. The summed E-state index contributed by atoms with van der Waals surface area (Å²) in [5.74, 6) is -0.0701. The highest BCUT2D eigenvalue weighted by molar-refractivity contribution is 5.98. The first kappa shape index (κ1) is 15.1.